The number of carboxylic acids is 4. The summed E-state index contributed by atoms with van der Waals surface area (Å²) in [7, 11) is 0. The molecule has 0 fully saturated rings. The summed E-state index contributed by atoms with van der Waals surface area (Å²) in [5.74, 6) is -3.33. The Morgan fingerprint density at radius 1 is 0.609 bits per heavy atom. The van der Waals surface area contributed by atoms with Gasteiger partial charge in [-0.3, -0.25) is 19.2 Å². The van der Waals surface area contributed by atoms with Crippen LogP contribution in [0.5, 0.6) is 0 Å². The fourth-order valence-corrected chi connectivity index (χ4v) is 0. The van der Waals surface area contributed by atoms with E-state index in [0.29, 0.717) is 13.1 Å². The molecule has 13 heteroatoms. The van der Waals surface area contributed by atoms with Crippen molar-refractivity contribution in [1.82, 2.24) is 0 Å². The van der Waals surface area contributed by atoms with Crippen LogP contribution in [0, 0.1) is 0 Å². The predicted molar refractivity (Wildman–Crippen MR) is 82.9 cm³/mol. The molecule has 0 aliphatic rings. The van der Waals surface area contributed by atoms with Crippen LogP contribution in [-0.4, -0.2) is 117 Å². The minimum atomic E-state index is -0.833. The van der Waals surface area contributed by atoms with Gasteiger partial charge in [0.05, 0.1) is 0 Å². The number of carboxylic acid groups (broad SMARTS) is 4. The van der Waals surface area contributed by atoms with Crippen molar-refractivity contribution < 1.29 is 56.7 Å². The van der Waals surface area contributed by atoms with Gasteiger partial charge in [-0.2, -0.15) is 0 Å². The summed E-state index contributed by atoms with van der Waals surface area (Å²) in [4.78, 5) is 36.0. The van der Waals surface area contributed by atoms with Crippen LogP contribution in [0.25, 0.3) is 0 Å². The molecule has 0 saturated carbocycles. The van der Waals surface area contributed by atoms with Gasteiger partial charge in [0.2, 0.25) is 0 Å². The van der Waals surface area contributed by atoms with Crippen LogP contribution >= 0.6 is 0 Å². The third-order valence-corrected chi connectivity index (χ3v) is 0.167. The Balaban J connectivity index is -0.0000000197. The Labute approximate surface area is 190 Å². The first-order valence-electron chi connectivity index (χ1n) is 5.03. The molecule has 0 aliphatic carbocycles. The van der Waals surface area contributed by atoms with Crippen molar-refractivity contribution in [2.75, 3.05) is 13.1 Å². The van der Waals surface area contributed by atoms with Crippen LogP contribution in [0.3, 0.4) is 0 Å². The van der Waals surface area contributed by atoms with E-state index in [-0.39, 0.29) is 76.2 Å². The first-order chi connectivity index (χ1) is 8.84. The standard InChI is InChI=1S/C2H8N2.4C2H4O2.Mn.2Na/c3-1-2-4;4*1-2(3)4;;;/h1-4H2;4*1H3,(H,3,4);;;. The zero-order chi connectivity index (χ0) is 17.7. The largest absolute Gasteiger partial charge is 0.481 e. The Morgan fingerprint density at radius 3 is 0.652 bits per heavy atom. The molecule has 3 radical (unpaired) electrons. The first-order valence-corrected chi connectivity index (χ1v) is 5.03. The van der Waals surface area contributed by atoms with Crippen molar-refractivity contribution >= 4 is 83.0 Å². The number of rotatable bonds is 1. The summed E-state index contributed by atoms with van der Waals surface area (Å²) >= 11 is 0. The average Bonchev–Trinajstić information content (AvgIpc) is 2.13. The molecule has 0 aromatic rings. The van der Waals surface area contributed by atoms with Crippen molar-refractivity contribution in [3.8, 4) is 0 Å². The Kier molecular flexibility index (Phi) is 106. The fourth-order valence-electron chi connectivity index (χ4n) is 0. The van der Waals surface area contributed by atoms with E-state index in [1.54, 1.807) is 0 Å². The van der Waals surface area contributed by atoms with Gasteiger partial charge in [0, 0.05) is 117 Å². The number of aliphatic carboxylic acids is 4. The quantitative estimate of drug-likeness (QED) is 0.281. The van der Waals surface area contributed by atoms with Crippen LogP contribution in [0.15, 0.2) is 0 Å². The second-order valence-corrected chi connectivity index (χ2v) is 2.65. The summed E-state index contributed by atoms with van der Waals surface area (Å²) in [5, 5.41) is 29.7. The number of hydrogen-bond donors (Lipinski definition) is 6. The van der Waals surface area contributed by atoms with Crippen LogP contribution in [0.4, 0.5) is 0 Å². The molecular weight excluding hydrogens is 377 g/mol. The maximum absolute atomic E-state index is 9.00. The molecule has 0 bridgehead atoms. The molecule has 0 unspecified atom stereocenters. The van der Waals surface area contributed by atoms with Gasteiger partial charge in [-0.1, -0.05) is 0 Å². The minimum Gasteiger partial charge on any atom is -0.481 e. The van der Waals surface area contributed by atoms with Crippen molar-refractivity contribution in [2.24, 2.45) is 11.5 Å². The number of carbonyl (C=O) groups is 4. The van der Waals surface area contributed by atoms with Gasteiger partial charge in [0.25, 0.3) is 23.9 Å². The van der Waals surface area contributed by atoms with Crippen molar-refractivity contribution in [2.45, 2.75) is 27.7 Å². The third kappa shape index (κ3) is 5290. The van der Waals surface area contributed by atoms with E-state index >= 15 is 0 Å². The van der Waals surface area contributed by atoms with Crippen LogP contribution in [0.2, 0.25) is 0 Å². The van der Waals surface area contributed by atoms with Crippen LogP contribution in [0.1, 0.15) is 27.7 Å². The van der Waals surface area contributed by atoms with E-state index in [4.69, 9.17) is 51.1 Å². The van der Waals surface area contributed by atoms with Gasteiger partial charge in [-0.05, 0) is 0 Å². The molecular formula is C10H24MnN2Na2O8. The molecule has 0 saturated heterocycles. The fraction of sp³-hybridized carbons (Fsp3) is 0.600. The molecule has 0 heterocycles. The first kappa shape index (κ1) is 49.5. The van der Waals surface area contributed by atoms with Crippen molar-refractivity contribution in [1.29, 1.82) is 0 Å². The molecule has 8 N–H and O–H groups in total. The van der Waals surface area contributed by atoms with Gasteiger partial charge >= 0.3 is 0 Å². The SMILES string of the molecule is CC(=O)O.CC(=O)O.CC(=O)O.CC(=O)O.NCCN.[Mn].[Na].[Na]. The van der Waals surface area contributed by atoms with Crippen LogP contribution < -0.4 is 11.5 Å². The average molecular weight is 401 g/mol. The minimum absolute atomic E-state index is 0. The van der Waals surface area contributed by atoms with Crippen molar-refractivity contribution in [3.05, 3.63) is 0 Å². The second kappa shape index (κ2) is 49.5. The molecule has 131 valence electrons. The van der Waals surface area contributed by atoms with E-state index in [2.05, 4.69) is 0 Å². The van der Waals surface area contributed by atoms with E-state index in [0.717, 1.165) is 27.7 Å². The predicted octanol–water partition coefficient (Wildman–Crippen LogP) is -1.50. The Bertz CT molecular complexity index is 205. The topological polar surface area (TPSA) is 201 Å². The molecule has 0 aliphatic heterocycles. The van der Waals surface area contributed by atoms with E-state index < -0.39 is 23.9 Å². The number of nitrogens with two attached hydrogens (primary N) is 2. The molecule has 0 atom stereocenters. The molecule has 0 rings (SSSR count). The molecule has 10 nitrogen and oxygen atoms in total. The number of hydrogen-bond acceptors (Lipinski definition) is 6. The van der Waals surface area contributed by atoms with E-state index in [1.165, 1.54) is 0 Å². The molecule has 0 amide bonds. The van der Waals surface area contributed by atoms with Crippen LogP contribution in [-0.2, 0) is 36.2 Å². The molecule has 23 heavy (non-hydrogen) atoms. The summed E-state index contributed by atoms with van der Waals surface area (Å²) in [5.41, 5.74) is 9.81. The molecule has 0 aromatic heterocycles. The second-order valence-electron chi connectivity index (χ2n) is 2.65. The van der Waals surface area contributed by atoms with Gasteiger partial charge in [0.1, 0.15) is 0 Å². The summed E-state index contributed by atoms with van der Waals surface area (Å²) in [6.45, 7) is 5.53. The van der Waals surface area contributed by atoms with Gasteiger partial charge in [-0.15, -0.1) is 0 Å². The normalized spacial score (nSPS) is 5.65. The van der Waals surface area contributed by atoms with E-state index in [1.807, 2.05) is 0 Å². The summed E-state index contributed by atoms with van der Waals surface area (Å²) in [6, 6.07) is 0. The zero-order valence-electron chi connectivity index (χ0n) is 14.4. The third-order valence-electron chi connectivity index (χ3n) is 0.167. The summed E-state index contributed by atoms with van der Waals surface area (Å²) in [6.07, 6.45) is 0. The van der Waals surface area contributed by atoms with E-state index in [9.17, 15) is 0 Å². The maximum atomic E-state index is 9.00. The molecule has 0 aromatic carbocycles. The smallest absolute Gasteiger partial charge is 0.300 e. The van der Waals surface area contributed by atoms with Gasteiger partial charge in [0.15, 0.2) is 0 Å². The Hall–Kier alpha value is 0.319. The monoisotopic (exact) mass is 401 g/mol. The van der Waals surface area contributed by atoms with Crippen molar-refractivity contribution in [3.63, 3.8) is 0 Å². The Morgan fingerprint density at radius 2 is 0.652 bits per heavy atom. The maximum Gasteiger partial charge on any atom is 0.300 e. The van der Waals surface area contributed by atoms with Gasteiger partial charge in [-0.25, -0.2) is 0 Å². The van der Waals surface area contributed by atoms with Gasteiger partial charge < -0.3 is 31.9 Å². The summed E-state index contributed by atoms with van der Waals surface area (Å²) < 4.78 is 0. The molecule has 0 spiro atoms. The zero-order valence-corrected chi connectivity index (χ0v) is 19.5.